The Bertz CT molecular complexity index is 481. The van der Waals surface area contributed by atoms with Gasteiger partial charge in [-0.1, -0.05) is 43.5 Å². The first-order valence-electron chi connectivity index (χ1n) is 8.24. The molecule has 0 radical (unpaired) electrons. The van der Waals surface area contributed by atoms with E-state index in [1.807, 2.05) is 12.1 Å². The summed E-state index contributed by atoms with van der Waals surface area (Å²) in [4.78, 5) is 14.5. The van der Waals surface area contributed by atoms with Crippen LogP contribution < -0.4 is 10.6 Å². The zero-order valence-corrected chi connectivity index (χ0v) is 14.0. The SMILES string of the molecule is CCCCN1CCCCC1CNC(=O)Nc1ccccc1Cl. The second-order valence-corrected chi connectivity index (χ2v) is 6.26. The Morgan fingerprint density at radius 2 is 2.18 bits per heavy atom. The molecule has 1 aliphatic heterocycles. The number of hydrogen-bond acceptors (Lipinski definition) is 2. The molecule has 1 saturated heterocycles. The summed E-state index contributed by atoms with van der Waals surface area (Å²) >= 11 is 6.05. The number of urea groups is 1. The van der Waals surface area contributed by atoms with Crippen molar-refractivity contribution in [3.63, 3.8) is 0 Å². The van der Waals surface area contributed by atoms with Gasteiger partial charge in [0, 0.05) is 12.6 Å². The third-order valence-electron chi connectivity index (χ3n) is 4.17. The van der Waals surface area contributed by atoms with Crippen LogP contribution in [0.15, 0.2) is 24.3 Å². The molecule has 1 aromatic rings. The summed E-state index contributed by atoms with van der Waals surface area (Å²) < 4.78 is 0. The lowest BCUT2D eigenvalue weighted by atomic mass is 10.0. The zero-order chi connectivity index (χ0) is 15.8. The summed E-state index contributed by atoms with van der Waals surface area (Å²) in [5, 5.41) is 6.35. The maximum absolute atomic E-state index is 12.0. The van der Waals surface area contributed by atoms with Crippen LogP contribution in [0.2, 0.25) is 5.02 Å². The Hall–Kier alpha value is -1.26. The van der Waals surface area contributed by atoms with Crippen LogP contribution >= 0.6 is 11.6 Å². The molecule has 22 heavy (non-hydrogen) atoms. The summed E-state index contributed by atoms with van der Waals surface area (Å²) in [7, 11) is 0. The van der Waals surface area contributed by atoms with E-state index in [-0.39, 0.29) is 6.03 Å². The standard InChI is InChI=1S/C17H26ClN3O/c1-2-3-11-21-12-7-6-8-14(21)13-19-17(22)20-16-10-5-4-9-15(16)18/h4-5,9-10,14H,2-3,6-8,11-13H2,1H3,(H2,19,20,22). The first kappa shape index (κ1) is 17.1. The fourth-order valence-electron chi connectivity index (χ4n) is 2.89. The highest BCUT2D eigenvalue weighted by atomic mass is 35.5. The number of rotatable bonds is 6. The summed E-state index contributed by atoms with van der Waals surface area (Å²) in [6.07, 6.45) is 6.12. The number of carbonyl (C=O) groups is 1. The number of piperidine rings is 1. The number of anilines is 1. The van der Waals surface area contributed by atoms with Gasteiger partial charge in [-0.3, -0.25) is 4.90 Å². The van der Waals surface area contributed by atoms with Gasteiger partial charge in [0.2, 0.25) is 0 Å². The smallest absolute Gasteiger partial charge is 0.319 e. The quantitative estimate of drug-likeness (QED) is 0.827. The molecule has 1 atom stereocenters. The number of halogens is 1. The molecular formula is C17H26ClN3O. The number of benzene rings is 1. The number of para-hydroxylation sites is 1. The van der Waals surface area contributed by atoms with Gasteiger partial charge in [-0.25, -0.2) is 4.79 Å². The van der Waals surface area contributed by atoms with Crippen molar-refractivity contribution in [1.29, 1.82) is 0 Å². The van der Waals surface area contributed by atoms with Gasteiger partial charge in [0.25, 0.3) is 0 Å². The van der Waals surface area contributed by atoms with E-state index < -0.39 is 0 Å². The molecule has 1 heterocycles. The van der Waals surface area contributed by atoms with Crippen molar-refractivity contribution in [2.45, 2.75) is 45.1 Å². The van der Waals surface area contributed by atoms with Crippen molar-refractivity contribution >= 4 is 23.3 Å². The van der Waals surface area contributed by atoms with Crippen LogP contribution in [0.4, 0.5) is 10.5 Å². The topological polar surface area (TPSA) is 44.4 Å². The highest BCUT2D eigenvalue weighted by Crippen LogP contribution is 2.20. The van der Waals surface area contributed by atoms with Crippen LogP contribution in [-0.2, 0) is 0 Å². The molecule has 2 rings (SSSR count). The normalized spacial score (nSPS) is 18.9. The van der Waals surface area contributed by atoms with E-state index in [0.717, 1.165) is 19.5 Å². The third-order valence-corrected chi connectivity index (χ3v) is 4.50. The number of nitrogens with zero attached hydrogens (tertiary/aromatic N) is 1. The van der Waals surface area contributed by atoms with Crippen LogP contribution in [0.25, 0.3) is 0 Å². The Balaban J connectivity index is 1.80. The minimum atomic E-state index is -0.186. The van der Waals surface area contributed by atoms with Crippen LogP contribution in [0.1, 0.15) is 39.0 Å². The molecule has 5 heteroatoms. The Morgan fingerprint density at radius 1 is 1.36 bits per heavy atom. The van der Waals surface area contributed by atoms with Crippen molar-refractivity contribution in [2.75, 3.05) is 25.0 Å². The fraction of sp³-hybridized carbons (Fsp3) is 0.588. The van der Waals surface area contributed by atoms with Crippen LogP contribution in [0, 0.1) is 0 Å². The Labute approximate surface area is 138 Å². The monoisotopic (exact) mass is 323 g/mol. The van der Waals surface area contributed by atoms with E-state index in [1.165, 1.54) is 25.7 Å². The van der Waals surface area contributed by atoms with Gasteiger partial charge in [0.15, 0.2) is 0 Å². The second kappa shape index (κ2) is 9.01. The molecule has 0 spiro atoms. The summed E-state index contributed by atoms with van der Waals surface area (Å²) in [6, 6.07) is 7.54. The van der Waals surface area contributed by atoms with E-state index in [1.54, 1.807) is 12.1 Å². The van der Waals surface area contributed by atoms with E-state index in [4.69, 9.17) is 11.6 Å². The summed E-state index contributed by atoms with van der Waals surface area (Å²) in [5.74, 6) is 0. The van der Waals surface area contributed by atoms with Gasteiger partial charge >= 0.3 is 6.03 Å². The van der Waals surface area contributed by atoms with E-state index in [0.29, 0.717) is 23.3 Å². The molecule has 2 amide bonds. The predicted molar refractivity (Wildman–Crippen MR) is 92.6 cm³/mol. The lowest BCUT2D eigenvalue weighted by Crippen LogP contribution is -2.47. The van der Waals surface area contributed by atoms with Crippen LogP contribution in [-0.4, -0.2) is 36.6 Å². The molecule has 0 aromatic heterocycles. The minimum Gasteiger partial charge on any atom is -0.336 e. The third kappa shape index (κ3) is 5.18. The van der Waals surface area contributed by atoms with Gasteiger partial charge in [0.1, 0.15) is 0 Å². The zero-order valence-electron chi connectivity index (χ0n) is 13.3. The number of nitrogens with one attached hydrogen (secondary N) is 2. The van der Waals surface area contributed by atoms with Crippen molar-refractivity contribution < 1.29 is 4.79 Å². The predicted octanol–water partition coefficient (Wildman–Crippen LogP) is 4.12. The lowest BCUT2D eigenvalue weighted by molar-refractivity contribution is 0.145. The maximum atomic E-state index is 12.0. The van der Waals surface area contributed by atoms with Crippen molar-refractivity contribution in [3.05, 3.63) is 29.3 Å². The van der Waals surface area contributed by atoms with Gasteiger partial charge in [-0.15, -0.1) is 0 Å². The molecule has 0 aliphatic carbocycles. The first-order valence-corrected chi connectivity index (χ1v) is 8.62. The Kier molecular flexibility index (Phi) is 7.00. The Morgan fingerprint density at radius 3 is 2.95 bits per heavy atom. The van der Waals surface area contributed by atoms with Crippen molar-refractivity contribution in [2.24, 2.45) is 0 Å². The highest BCUT2D eigenvalue weighted by molar-refractivity contribution is 6.33. The summed E-state index contributed by atoms with van der Waals surface area (Å²) in [5.41, 5.74) is 0.646. The van der Waals surface area contributed by atoms with Gasteiger partial charge < -0.3 is 10.6 Å². The van der Waals surface area contributed by atoms with Gasteiger partial charge in [0.05, 0.1) is 10.7 Å². The van der Waals surface area contributed by atoms with Gasteiger partial charge in [-0.2, -0.15) is 0 Å². The van der Waals surface area contributed by atoms with E-state index >= 15 is 0 Å². The van der Waals surface area contributed by atoms with Crippen molar-refractivity contribution in [3.8, 4) is 0 Å². The molecule has 1 fully saturated rings. The lowest BCUT2D eigenvalue weighted by Gasteiger charge is -2.35. The van der Waals surface area contributed by atoms with Crippen LogP contribution in [0.5, 0.6) is 0 Å². The largest absolute Gasteiger partial charge is 0.336 e. The number of likely N-dealkylation sites (tertiary alicyclic amines) is 1. The second-order valence-electron chi connectivity index (χ2n) is 5.85. The molecule has 0 bridgehead atoms. The summed E-state index contributed by atoms with van der Waals surface area (Å²) in [6.45, 7) is 5.20. The van der Waals surface area contributed by atoms with E-state index in [9.17, 15) is 4.79 Å². The highest BCUT2D eigenvalue weighted by Gasteiger charge is 2.22. The fourth-order valence-corrected chi connectivity index (χ4v) is 3.07. The first-order chi connectivity index (χ1) is 10.7. The molecule has 4 nitrogen and oxygen atoms in total. The number of hydrogen-bond donors (Lipinski definition) is 2. The minimum absolute atomic E-state index is 0.186. The average Bonchev–Trinajstić information content (AvgIpc) is 2.54. The molecule has 0 saturated carbocycles. The number of carbonyl (C=O) groups excluding carboxylic acids is 1. The molecule has 1 unspecified atom stereocenters. The molecule has 1 aliphatic rings. The number of amides is 2. The van der Waals surface area contributed by atoms with E-state index in [2.05, 4.69) is 22.5 Å². The molecule has 1 aromatic carbocycles. The van der Waals surface area contributed by atoms with Gasteiger partial charge in [-0.05, 0) is 44.5 Å². The number of unbranched alkanes of at least 4 members (excludes halogenated alkanes) is 1. The molecule has 122 valence electrons. The van der Waals surface area contributed by atoms with Crippen LogP contribution in [0.3, 0.4) is 0 Å². The maximum Gasteiger partial charge on any atom is 0.319 e. The average molecular weight is 324 g/mol. The molecular weight excluding hydrogens is 298 g/mol. The van der Waals surface area contributed by atoms with Crippen molar-refractivity contribution in [1.82, 2.24) is 10.2 Å². The molecule has 2 N–H and O–H groups in total.